The lowest BCUT2D eigenvalue weighted by Crippen LogP contribution is -2.28. The number of nitrogens with zero attached hydrogens (tertiary/aromatic N) is 1. The normalized spacial score (nSPS) is 19.6. The summed E-state index contributed by atoms with van der Waals surface area (Å²) in [6, 6.07) is 9.70. The van der Waals surface area contributed by atoms with Crippen LogP contribution < -0.4 is 11.2 Å². The molecule has 0 amide bonds. The highest BCUT2D eigenvalue weighted by Gasteiger charge is 2.30. The van der Waals surface area contributed by atoms with E-state index in [4.69, 9.17) is 5.73 Å². The first kappa shape index (κ1) is 15.2. The van der Waals surface area contributed by atoms with E-state index in [-0.39, 0.29) is 28.1 Å². The van der Waals surface area contributed by atoms with Gasteiger partial charge in [-0.2, -0.15) is 5.10 Å². The molecule has 5 nitrogen and oxygen atoms in total. The fourth-order valence-corrected chi connectivity index (χ4v) is 2.51. The summed E-state index contributed by atoms with van der Waals surface area (Å²) in [7, 11) is 0. The number of nitrogens with two attached hydrogens (primary N) is 1. The van der Waals surface area contributed by atoms with E-state index < -0.39 is 0 Å². The summed E-state index contributed by atoms with van der Waals surface area (Å²) in [5.41, 5.74) is 9.40. The molecular formula is C15H17N3O2S. The van der Waals surface area contributed by atoms with Crippen molar-refractivity contribution in [2.45, 2.75) is 25.7 Å². The number of thiocarbonyl (C=S) groups is 1. The van der Waals surface area contributed by atoms with Crippen molar-refractivity contribution >= 4 is 28.8 Å². The third-order valence-corrected chi connectivity index (χ3v) is 3.50. The zero-order valence-electron chi connectivity index (χ0n) is 11.7. The molecule has 2 rings (SSSR count). The summed E-state index contributed by atoms with van der Waals surface area (Å²) in [5.74, 6) is -0.0662. The molecule has 4 N–H and O–H groups in total. The number of Topliss-reactive ketones (excluding diaryl/α,β-unsaturated/α-hetero) is 1. The maximum atomic E-state index is 12.3. The maximum absolute atomic E-state index is 12.3. The molecule has 110 valence electrons. The molecule has 1 unspecified atom stereocenters. The van der Waals surface area contributed by atoms with Gasteiger partial charge < -0.3 is 10.8 Å². The van der Waals surface area contributed by atoms with Crippen LogP contribution in [0.4, 0.5) is 0 Å². The fraction of sp³-hybridized carbons (Fsp3) is 0.267. The molecule has 6 heteroatoms. The molecule has 1 aromatic carbocycles. The van der Waals surface area contributed by atoms with Gasteiger partial charge in [-0.05, 0) is 30.6 Å². The van der Waals surface area contributed by atoms with Crippen LogP contribution in [0.25, 0.3) is 0 Å². The largest absolute Gasteiger partial charge is 0.511 e. The molecule has 0 aliphatic heterocycles. The molecule has 1 aliphatic rings. The van der Waals surface area contributed by atoms with Crippen LogP contribution >= 0.6 is 12.2 Å². The van der Waals surface area contributed by atoms with Crippen LogP contribution in [0.1, 0.15) is 31.2 Å². The number of carbonyl (C=O) groups excluding carboxylic acids is 1. The van der Waals surface area contributed by atoms with Gasteiger partial charge >= 0.3 is 0 Å². The minimum Gasteiger partial charge on any atom is -0.511 e. The maximum Gasteiger partial charge on any atom is 0.184 e. The molecule has 0 saturated heterocycles. The van der Waals surface area contributed by atoms with Gasteiger partial charge in [0.2, 0.25) is 0 Å². The fourth-order valence-electron chi connectivity index (χ4n) is 2.46. The predicted octanol–water partition coefficient (Wildman–Crippen LogP) is 2.15. The van der Waals surface area contributed by atoms with Gasteiger partial charge in [-0.25, -0.2) is 0 Å². The Morgan fingerprint density at radius 2 is 2.05 bits per heavy atom. The van der Waals surface area contributed by atoms with Gasteiger partial charge in [0.15, 0.2) is 10.9 Å². The van der Waals surface area contributed by atoms with Crippen LogP contribution in [-0.2, 0) is 4.79 Å². The van der Waals surface area contributed by atoms with Crippen LogP contribution in [0, 0.1) is 0 Å². The highest BCUT2D eigenvalue weighted by atomic mass is 32.1. The summed E-state index contributed by atoms with van der Waals surface area (Å²) < 4.78 is 0. The SMILES string of the molecule is CC(=NNC(N)=S)C1=C(O)CC(c2ccccc2)CC1=O. The molecule has 1 aromatic rings. The molecule has 1 aliphatic carbocycles. The van der Waals surface area contributed by atoms with Crippen molar-refractivity contribution in [3.63, 3.8) is 0 Å². The lowest BCUT2D eigenvalue weighted by Gasteiger charge is -2.23. The molecule has 21 heavy (non-hydrogen) atoms. The van der Waals surface area contributed by atoms with E-state index in [1.807, 2.05) is 30.3 Å². The summed E-state index contributed by atoms with van der Waals surface area (Å²) in [6.45, 7) is 1.64. The summed E-state index contributed by atoms with van der Waals surface area (Å²) >= 11 is 4.65. The van der Waals surface area contributed by atoms with Crippen molar-refractivity contribution in [1.29, 1.82) is 0 Å². The Hall–Kier alpha value is -2.21. The molecule has 0 heterocycles. The Morgan fingerprint density at radius 3 is 2.62 bits per heavy atom. The number of rotatable bonds is 3. The molecular weight excluding hydrogens is 286 g/mol. The number of nitrogens with one attached hydrogen (secondary N) is 1. The Labute approximate surface area is 128 Å². The minimum atomic E-state index is -0.126. The van der Waals surface area contributed by atoms with Crippen molar-refractivity contribution in [2.75, 3.05) is 0 Å². The molecule has 0 fully saturated rings. The Kier molecular flexibility index (Phi) is 4.70. The molecule has 0 spiro atoms. The van der Waals surface area contributed by atoms with Crippen LogP contribution in [-0.4, -0.2) is 21.7 Å². The first-order chi connectivity index (χ1) is 9.99. The summed E-state index contributed by atoms with van der Waals surface area (Å²) in [5, 5.41) is 14.1. The second-order valence-corrected chi connectivity index (χ2v) is 5.37. The number of hydrazone groups is 1. The van der Waals surface area contributed by atoms with Crippen molar-refractivity contribution in [2.24, 2.45) is 10.8 Å². The zero-order valence-corrected chi connectivity index (χ0v) is 12.5. The Balaban J connectivity index is 2.23. The van der Waals surface area contributed by atoms with Gasteiger partial charge in [0.25, 0.3) is 0 Å². The number of allylic oxidation sites excluding steroid dienone is 2. The van der Waals surface area contributed by atoms with E-state index in [0.717, 1.165) is 5.56 Å². The van der Waals surface area contributed by atoms with Gasteiger partial charge in [-0.1, -0.05) is 30.3 Å². The number of benzene rings is 1. The van der Waals surface area contributed by atoms with Crippen LogP contribution in [0.2, 0.25) is 0 Å². The van der Waals surface area contributed by atoms with Crippen LogP contribution in [0.5, 0.6) is 0 Å². The van der Waals surface area contributed by atoms with Crippen molar-refractivity contribution in [3.8, 4) is 0 Å². The highest BCUT2D eigenvalue weighted by Crippen LogP contribution is 2.33. The van der Waals surface area contributed by atoms with Crippen molar-refractivity contribution in [1.82, 2.24) is 5.43 Å². The van der Waals surface area contributed by atoms with Crippen molar-refractivity contribution in [3.05, 3.63) is 47.2 Å². The van der Waals surface area contributed by atoms with Gasteiger partial charge in [0, 0.05) is 12.8 Å². The van der Waals surface area contributed by atoms with E-state index in [9.17, 15) is 9.90 Å². The van der Waals surface area contributed by atoms with E-state index in [0.29, 0.717) is 18.6 Å². The number of aliphatic hydroxyl groups excluding tert-OH is 1. The van der Waals surface area contributed by atoms with Gasteiger partial charge in [0.1, 0.15) is 5.76 Å². The number of aliphatic hydroxyl groups is 1. The van der Waals surface area contributed by atoms with E-state index in [1.165, 1.54) is 0 Å². The molecule has 0 aromatic heterocycles. The van der Waals surface area contributed by atoms with Crippen LogP contribution in [0.3, 0.4) is 0 Å². The first-order valence-corrected chi connectivity index (χ1v) is 7.00. The number of carbonyl (C=O) groups is 1. The Morgan fingerprint density at radius 1 is 1.38 bits per heavy atom. The molecule has 0 bridgehead atoms. The van der Waals surface area contributed by atoms with Crippen LogP contribution in [0.15, 0.2) is 46.8 Å². The quantitative estimate of drug-likeness (QED) is 0.452. The third kappa shape index (κ3) is 3.66. The Bertz CT molecular complexity index is 623. The monoisotopic (exact) mass is 303 g/mol. The first-order valence-electron chi connectivity index (χ1n) is 6.59. The number of hydrogen-bond acceptors (Lipinski definition) is 4. The molecule has 0 radical (unpaired) electrons. The van der Waals surface area contributed by atoms with Gasteiger partial charge in [0.05, 0.1) is 11.3 Å². The second-order valence-electron chi connectivity index (χ2n) is 4.93. The lowest BCUT2D eigenvalue weighted by atomic mass is 9.81. The topological polar surface area (TPSA) is 87.7 Å². The summed E-state index contributed by atoms with van der Waals surface area (Å²) in [6.07, 6.45) is 0.772. The van der Waals surface area contributed by atoms with E-state index in [1.54, 1.807) is 6.92 Å². The van der Waals surface area contributed by atoms with Gasteiger partial charge in [-0.3, -0.25) is 10.2 Å². The second kappa shape index (κ2) is 6.49. The average molecular weight is 303 g/mol. The summed E-state index contributed by atoms with van der Waals surface area (Å²) in [4.78, 5) is 12.3. The number of ketones is 1. The number of hydrogen-bond donors (Lipinski definition) is 3. The standard InChI is InChI=1S/C15H17N3O2S/c1-9(17-18-15(16)21)14-12(19)7-11(8-13(14)20)10-5-3-2-4-6-10/h2-6,11,19H,7-8H2,1H3,(H3,16,18,21). The molecule has 0 saturated carbocycles. The zero-order chi connectivity index (χ0) is 15.4. The van der Waals surface area contributed by atoms with Crippen molar-refractivity contribution < 1.29 is 9.90 Å². The smallest absolute Gasteiger partial charge is 0.184 e. The van der Waals surface area contributed by atoms with Gasteiger partial charge in [-0.15, -0.1) is 0 Å². The predicted molar refractivity (Wildman–Crippen MR) is 86.1 cm³/mol. The lowest BCUT2D eigenvalue weighted by molar-refractivity contribution is -0.116. The minimum absolute atomic E-state index is 0.00112. The molecule has 1 atom stereocenters. The van der Waals surface area contributed by atoms with E-state index >= 15 is 0 Å². The third-order valence-electron chi connectivity index (χ3n) is 3.41. The average Bonchev–Trinajstić information content (AvgIpc) is 2.45. The van der Waals surface area contributed by atoms with E-state index in [2.05, 4.69) is 22.7 Å². The highest BCUT2D eigenvalue weighted by molar-refractivity contribution is 7.80.